The molecule has 0 saturated carbocycles. The third-order valence-electron chi connectivity index (χ3n) is 4.39. The van der Waals surface area contributed by atoms with Crippen LogP contribution in [0.4, 0.5) is 0 Å². The highest BCUT2D eigenvalue weighted by molar-refractivity contribution is 5.61. The smallest absolute Gasteiger partial charge is 0.161 e. The highest BCUT2D eigenvalue weighted by atomic mass is 16.6. The van der Waals surface area contributed by atoms with Crippen LogP contribution in [0.1, 0.15) is 42.2 Å². The number of rotatable bonds is 3. The third-order valence-corrected chi connectivity index (χ3v) is 4.39. The van der Waals surface area contributed by atoms with Gasteiger partial charge in [-0.3, -0.25) is 0 Å². The van der Waals surface area contributed by atoms with E-state index in [2.05, 4.69) is 11.4 Å². The molecule has 0 amide bonds. The van der Waals surface area contributed by atoms with Crippen molar-refractivity contribution in [3.05, 3.63) is 41.2 Å². The molecule has 5 heteroatoms. The van der Waals surface area contributed by atoms with Gasteiger partial charge in [0.25, 0.3) is 0 Å². The first kappa shape index (κ1) is 13.4. The van der Waals surface area contributed by atoms with E-state index in [9.17, 15) is 0 Å². The van der Waals surface area contributed by atoms with Crippen LogP contribution in [0.15, 0.2) is 29.6 Å². The zero-order chi connectivity index (χ0) is 14.9. The van der Waals surface area contributed by atoms with Crippen LogP contribution in [-0.2, 0) is 17.7 Å². The Kier molecular flexibility index (Phi) is 3.33. The van der Waals surface area contributed by atoms with E-state index >= 15 is 0 Å². The Hall–Kier alpha value is -2.30. The van der Waals surface area contributed by atoms with E-state index in [1.165, 1.54) is 24.1 Å². The van der Waals surface area contributed by atoms with Gasteiger partial charge in [0.05, 0.1) is 12.8 Å². The molecule has 2 aromatic rings. The van der Waals surface area contributed by atoms with E-state index in [4.69, 9.17) is 14.7 Å². The summed E-state index contributed by atoms with van der Waals surface area (Å²) in [4.78, 5) is 5.41. The fraction of sp³-hybridized carbons (Fsp3) is 0.412. The Morgan fingerprint density at radius 2 is 2.18 bits per heavy atom. The number of hydrogen-bond donors (Lipinski definition) is 0. The maximum atomic E-state index is 5.68. The third kappa shape index (κ3) is 2.17. The van der Waals surface area contributed by atoms with Gasteiger partial charge < -0.3 is 9.57 Å². The average molecular weight is 297 g/mol. The standard InChI is InChI=1S/C17H19N3O2/c1-21-17-13(16-9-10-18-22-16)6-4-8-15(17)20-11-12-5-2-3-7-14(12)19-20/h4,6,8,10-11,16H,2-3,5,7,9H2,1H3. The van der Waals surface area contributed by atoms with Crippen molar-refractivity contribution in [1.82, 2.24) is 9.78 Å². The summed E-state index contributed by atoms with van der Waals surface area (Å²) in [5.74, 6) is 0.817. The molecule has 2 aliphatic rings. The van der Waals surface area contributed by atoms with Crippen molar-refractivity contribution < 1.29 is 9.57 Å². The number of aromatic nitrogens is 2. The Morgan fingerprint density at radius 3 is 2.95 bits per heavy atom. The molecular weight excluding hydrogens is 278 g/mol. The van der Waals surface area contributed by atoms with Crippen LogP contribution >= 0.6 is 0 Å². The van der Waals surface area contributed by atoms with Gasteiger partial charge in [0.1, 0.15) is 5.69 Å². The quantitative estimate of drug-likeness (QED) is 0.874. The largest absolute Gasteiger partial charge is 0.494 e. The Balaban J connectivity index is 1.77. The van der Waals surface area contributed by atoms with Gasteiger partial charge in [-0.1, -0.05) is 17.3 Å². The summed E-state index contributed by atoms with van der Waals surface area (Å²) < 4.78 is 7.63. The topological polar surface area (TPSA) is 48.6 Å². The van der Waals surface area contributed by atoms with E-state index in [1.54, 1.807) is 13.3 Å². The molecule has 1 aromatic carbocycles. The van der Waals surface area contributed by atoms with Crippen molar-refractivity contribution in [3.63, 3.8) is 0 Å². The number of oxime groups is 1. The number of fused-ring (bicyclic) bond motifs is 1. The molecule has 0 fully saturated rings. The van der Waals surface area contributed by atoms with Crippen molar-refractivity contribution in [2.75, 3.05) is 7.11 Å². The Morgan fingerprint density at radius 1 is 1.27 bits per heavy atom. The molecule has 0 bridgehead atoms. The van der Waals surface area contributed by atoms with E-state index in [1.807, 2.05) is 22.9 Å². The number of methoxy groups -OCH3 is 1. The molecule has 0 spiro atoms. The predicted octanol–water partition coefficient (Wildman–Crippen LogP) is 3.21. The number of benzene rings is 1. The van der Waals surface area contributed by atoms with Gasteiger partial charge in [-0.05, 0) is 37.3 Å². The Bertz CT molecular complexity index is 689. The number of hydrogen-bond acceptors (Lipinski definition) is 4. The lowest BCUT2D eigenvalue weighted by molar-refractivity contribution is 0.0837. The van der Waals surface area contributed by atoms with Crippen molar-refractivity contribution >= 4 is 6.21 Å². The lowest BCUT2D eigenvalue weighted by Crippen LogP contribution is -2.05. The summed E-state index contributed by atoms with van der Waals surface area (Å²) in [5.41, 5.74) is 4.56. The molecule has 22 heavy (non-hydrogen) atoms. The van der Waals surface area contributed by atoms with Gasteiger partial charge in [-0.25, -0.2) is 4.68 Å². The van der Waals surface area contributed by atoms with E-state index < -0.39 is 0 Å². The molecule has 0 N–H and O–H groups in total. The average Bonchev–Trinajstić information content (AvgIpc) is 3.23. The van der Waals surface area contributed by atoms with Gasteiger partial charge in [0.15, 0.2) is 11.9 Å². The van der Waals surface area contributed by atoms with Crippen molar-refractivity contribution in [1.29, 1.82) is 0 Å². The maximum absolute atomic E-state index is 5.68. The van der Waals surface area contributed by atoms with Crippen molar-refractivity contribution in [2.24, 2.45) is 5.16 Å². The van der Waals surface area contributed by atoms with Gasteiger partial charge in [0.2, 0.25) is 0 Å². The number of nitrogens with zero attached hydrogens (tertiary/aromatic N) is 3. The second kappa shape index (κ2) is 5.48. The van der Waals surface area contributed by atoms with Crippen LogP contribution < -0.4 is 4.74 Å². The van der Waals surface area contributed by atoms with Gasteiger partial charge in [-0.15, -0.1) is 0 Å². The van der Waals surface area contributed by atoms with E-state index in [0.717, 1.165) is 36.3 Å². The molecule has 0 radical (unpaired) electrons. The number of para-hydroxylation sites is 1. The molecule has 114 valence electrons. The molecule has 1 aliphatic heterocycles. The van der Waals surface area contributed by atoms with Crippen LogP contribution in [0.3, 0.4) is 0 Å². The molecule has 1 aliphatic carbocycles. The minimum atomic E-state index is -0.0694. The fourth-order valence-electron chi connectivity index (χ4n) is 3.28. The lowest BCUT2D eigenvalue weighted by Gasteiger charge is -2.16. The highest BCUT2D eigenvalue weighted by Crippen LogP contribution is 2.36. The fourth-order valence-corrected chi connectivity index (χ4v) is 3.28. The van der Waals surface area contributed by atoms with E-state index in [-0.39, 0.29) is 6.10 Å². The second-order valence-electron chi connectivity index (χ2n) is 5.77. The first-order chi connectivity index (χ1) is 10.9. The van der Waals surface area contributed by atoms with Crippen LogP contribution in [0.5, 0.6) is 5.75 Å². The molecule has 5 nitrogen and oxygen atoms in total. The minimum absolute atomic E-state index is 0.0694. The molecule has 1 aromatic heterocycles. The zero-order valence-electron chi connectivity index (χ0n) is 12.7. The number of aryl methyl sites for hydroxylation is 2. The summed E-state index contributed by atoms with van der Waals surface area (Å²) >= 11 is 0. The molecular formula is C17H19N3O2. The van der Waals surface area contributed by atoms with Crippen LogP contribution in [-0.4, -0.2) is 23.1 Å². The minimum Gasteiger partial charge on any atom is -0.494 e. The molecule has 4 rings (SSSR count). The van der Waals surface area contributed by atoms with Crippen molar-refractivity contribution in [3.8, 4) is 11.4 Å². The van der Waals surface area contributed by atoms with Crippen LogP contribution in [0.2, 0.25) is 0 Å². The summed E-state index contributed by atoms with van der Waals surface area (Å²) in [7, 11) is 1.70. The lowest BCUT2D eigenvalue weighted by atomic mass is 9.99. The van der Waals surface area contributed by atoms with Gasteiger partial charge >= 0.3 is 0 Å². The second-order valence-corrected chi connectivity index (χ2v) is 5.77. The molecule has 1 atom stereocenters. The summed E-state index contributed by atoms with van der Waals surface area (Å²) in [6.45, 7) is 0. The first-order valence-electron chi connectivity index (χ1n) is 7.79. The van der Waals surface area contributed by atoms with Gasteiger partial charge in [0, 0.05) is 24.4 Å². The zero-order valence-corrected chi connectivity index (χ0v) is 12.7. The van der Waals surface area contributed by atoms with Crippen molar-refractivity contribution in [2.45, 2.75) is 38.2 Å². The summed E-state index contributed by atoms with van der Waals surface area (Å²) in [5, 5.41) is 8.63. The summed E-state index contributed by atoms with van der Waals surface area (Å²) in [6, 6.07) is 6.09. The van der Waals surface area contributed by atoms with E-state index in [0.29, 0.717) is 0 Å². The number of ether oxygens (including phenoxy) is 1. The molecule has 0 saturated heterocycles. The summed E-state index contributed by atoms with van der Waals surface area (Å²) in [6.07, 6.45) is 9.32. The predicted molar refractivity (Wildman–Crippen MR) is 83.7 cm³/mol. The molecule has 2 heterocycles. The normalized spacial score (nSPS) is 19.8. The maximum Gasteiger partial charge on any atom is 0.161 e. The van der Waals surface area contributed by atoms with Gasteiger partial charge in [-0.2, -0.15) is 5.10 Å². The highest BCUT2D eigenvalue weighted by Gasteiger charge is 2.24. The monoisotopic (exact) mass is 297 g/mol. The Labute approximate surface area is 129 Å². The molecule has 1 unspecified atom stereocenters. The SMILES string of the molecule is COc1c(C2CC=NO2)cccc1-n1cc2c(n1)CCCC2. The van der Waals surface area contributed by atoms with Crippen LogP contribution in [0.25, 0.3) is 5.69 Å². The first-order valence-corrected chi connectivity index (χ1v) is 7.79. The van der Waals surface area contributed by atoms with Crippen LogP contribution in [0, 0.1) is 0 Å².